The summed E-state index contributed by atoms with van der Waals surface area (Å²) in [6, 6.07) is 7.06. The molecule has 1 aliphatic heterocycles. The molecule has 6 nitrogen and oxygen atoms in total. The van der Waals surface area contributed by atoms with Gasteiger partial charge in [0.1, 0.15) is 6.54 Å². The molecule has 0 aliphatic carbocycles. The second kappa shape index (κ2) is 7.79. The van der Waals surface area contributed by atoms with E-state index in [0.29, 0.717) is 17.8 Å². The molecular weight excluding hydrogens is 284 g/mol. The summed E-state index contributed by atoms with van der Waals surface area (Å²) >= 11 is 0. The van der Waals surface area contributed by atoms with Crippen LogP contribution in [0.2, 0.25) is 0 Å². The van der Waals surface area contributed by atoms with Crippen molar-refractivity contribution in [3.63, 3.8) is 0 Å². The van der Waals surface area contributed by atoms with E-state index in [-0.39, 0.29) is 30.9 Å². The van der Waals surface area contributed by atoms with E-state index in [9.17, 15) is 14.7 Å². The fourth-order valence-electron chi connectivity index (χ4n) is 2.59. The van der Waals surface area contributed by atoms with Gasteiger partial charge in [0.25, 0.3) is 5.91 Å². The van der Waals surface area contributed by atoms with Crippen LogP contribution in [0.4, 0.5) is 5.69 Å². The van der Waals surface area contributed by atoms with Crippen LogP contribution in [0.15, 0.2) is 24.3 Å². The fraction of sp³-hybridized carbons (Fsp3) is 0.500. The standard InChI is InChI=1S/C16H22N2O4/c1-22-15(20)9-17-14-6-2-5-13(8-14)16(21)18-7-3-4-12(10-18)11-19/h2,5-6,8,12,17,19H,3-4,7,9-11H2,1H3/t12-/m0/s1. The highest BCUT2D eigenvalue weighted by molar-refractivity contribution is 5.95. The number of amides is 1. The molecular formula is C16H22N2O4. The summed E-state index contributed by atoms with van der Waals surface area (Å²) in [6.45, 7) is 1.49. The number of hydrogen-bond acceptors (Lipinski definition) is 5. The van der Waals surface area contributed by atoms with Gasteiger partial charge in [0.05, 0.1) is 7.11 Å². The molecule has 1 aromatic rings. The summed E-state index contributed by atoms with van der Waals surface area (Å²) in [5.41, 5.74) is 1.28. The molecule has 120 valence electrons. The number of rotatable bonds is 5. The predicted molar refractivity (Wildman–Crippen MR) is 82.7 cm³/mol. The van der Waals surface area contributed by atoms with Crippen LogP contribution >= 0.6 is 0 Å². The maximum absolute atomic E-state index is 12.5. The van der Waals surface area contributed by atoms with Crippen LogP contribution in [0, 0.1) is 5.92 Å². The first kappa shape index (κ1) is 16.3. The first-order chi connectivity index (χ1) is 10.6. The zero-order chi connectivity index (χ0) is 15.9. The molecule has 2 rings (SSSR count). The molecule has 2 N–H and O–H groups in total. The molecule has 0 unspecified atom stereocenters. The Labute approximate surface area is 130 Å². The van der Waals surface area contributed by atoms with Crippen molar-refractivity contribution in [3.8, 4) is 0 Å². The smallest absolute Gasteiger partial charge is 0.325 e. The number of nitrogens with one attached hydrogen (secondary N) is 1. The normalized spacial score (nSPS) is 17.9. The number of aliphatic hydroxyl groups is 1. The van der Waals surface area contributed by atoms with Crippen molar-refractivity contribution in [2.24, 2.45) is 5.92 Å². The lowest BCUT2D eigenvalue weighted by Crippen LogP contribution is -2.40. The average Bonchev–Trinajstić information content (AvgIpc) is 2.59. The van der Waals surface area contributed by atoms with E-state index in [1.54, 1.807) is 29.2 Å². The minimum atomic E-state index is -0.362. The second-order valence-corrected chi connectivity index (χ2v) is 5.45. The molecule has 1 aliphatic rings. The lowest BCUT2D eigenvalue weighted by molar-refractivity contribution is -0.138. The van der Waals surface area contributed by atoms with Gasteiger partial charge < -0.3 is 20.1 Å². The summed E-state index contributed by atoms with van der Waals surface area (Å²) in [7, 11) is 1.33. The molecule has 1 aromatic carbocycles. The highest BCUT2D eigenvalue weighted by Crippen LogP contribution is 2.19. The van der Waals surface area contributed by atoms with Crippen molar-refractivity contribution >= 4 is 17.6 Å². The second-order valence-electron chi connectivity index (χ2n) is 5.45. The third-order valence-electron chi connectivity index (χ3n) is 3.84. The Kier molecular flexibility index (Phi) is 5.77. The minimum Gasteiger partial charge on any atom is -0.468 e. The number of ether oxygens (including phenoxy) is 1. The van der Waals surface area contributed by atoms with Crippen LogP contribution in [-0.4, -0.2) is 55.2 Å². The monoisotopic (exact) mass is 306 g/mol. The number of aliphatic hydroxyl groups excluding tert-OH is 1. The number of benzene rings is 1. The molecule has 1 heterocycles. The number of likely N-dealkylation sites (tertiary alicyclic amines) is 1. The molecule has 0 radical (unpaired) electrons. The van der Waals surface area contributed by atoms with E-state index in [1.807, 2.05) is 0 Å². The largest absolute Gasteiger partial charge is 0.468 e. The zero-order valence-corrected chi connectivity index (χ0v) is 12.7. The van der Waals surface area contributed by atoms with Gasteiger partial charge >= 0.3 is 5.97 Å². The molecule has 22 heavy (non-hydrogen) atoms. The fourth-order valence-corrected chi connectivity index (χ4v) is 2.59. The van der Waals surface area contributed by atoms with Gasteiger partial charge in [-0.3, -0.25) is 9.59 Å². The molecule has 1 saturated heterocycles. The van der Waals surface area contributed by atoms with Crippen LogP contribution in [0.3, 0.4) is 0 Å². The van der Waals surface area contributed by atoms with E-state index in [2.05, 4.69) is 10.1 Å². The Morgan fingerprint density at radius 1 is 1.45 bits per heavy atom. The van der Waals surface area contributed by atoms with Gasteiger partial charge in [-0.1, -0.05) is 6.07 Å². The number of piperidine rings is 1. The predicted octanol–water partition coefficient (Wildman–Crippen LogP) is 1.12. The molecule has 1 fully saturated rings. The van der Waals surface area contributed by atoms with Crippen molar-refractivity contribution in [2.75, 3.05) is 38.7 Å². The summed E-state index contributed by atoms with van der Waals surface area (Å²) in [6.07, 6.45) is 1.87. The summed E-state index contributed by atoms with van der Waals surface area (Å²) in [4.78, 5) is 25.5. The number of methoxy groups -OCH3 is 1. The number of esters is 1. The molecule has 6 heteroatoms. The van der Waals surface area contributed by atoms with Crippen LogP contribution in [0.5, 0.6) is 0 Å². The van der Waals surface area contributed by atoms with E-state index in [4.69, 9.17) is 0 Å². The van der Waals surface area contributed by atoms with Crippen molar-refractivity contribution in [1.82, 2.24) is 4.90 Å². The molecule has 1 atom stereocenters. The zero-order valence-electron chi connectivity index (χ0n) is 12.7. The lowest BCUT2D eigenvalue weighted by Gasteiger charge is -2.32. The highest BCUT2D eigenvalue weighted by Gasteiger charge is 2.24. The SMILES string of the molecule is COC(=O)CNc1cccc(C(=O)N2CCC[C@H](CO)C2)c1. The van der Waals surface area contributed by atoms with Crippen molar-refractivity contribution in [2.45, 2.75) is 12.8 Å². The molecule has 1 amide bonds. The van der Waals surface area contributed by atoms with Crippen molar-refractivity contribution in [1.29, 1.82) is 0 Å². The number of hydrogen-bond donors (Lipinski definition) is 2. The van der Waals surface area contributed by atoms with Gasteiger partial charge in [0, 0.05) is 30.9 Å². The van der Waals surface area contributed by atoms with Crippen LogP contribution in [0.25, 0.3) is 0 Å². The average molecular weight is 306 g/mol. The van der Waals surface area contributed by atoms with Crippen molar-refractivity contribution < 1.29 is 19.4 Å². The Morgan fingerprint density at radius 3 is 3.00 bits per heavy atom. The topological polar surface area (TPSA) is 78.9 Å². The third-order valence-corrected chi connectivity index (χ3v) is 3.84. The van der Waals surface area contributed by atoms with Gasteiger partial charge in [-0.15, -0.1) is 0 Å². The van der Waals surface area contributed by atoms with Crippen LogP contribution in [0.1, 0.15) is 23.2 Å². The Balaban J connectivity index is 2.01. The Hall–Kier alpha value is -2.08. The number of carbonyl (C=O) groups is 2. The van der Waals surface area contributed by atoms with Gasteiger partial charge in [-0.05, 0) is 37.0 Å². The van der Waals surface area contributed by atoms with Gasteiger partial charge in [-0.25, -0.2) is 0 Å². The van der Waals surface area contributed by atoms with E-state index < -0.39 is 0 Å². The van der Waals surface area contributed by atoms with Crippen molar-refractivity contribution in [3.05, 3.63) is 29.8 Å². The van der Waals surface area contributed by atoms with E-state index in [0.717, 1.165) is 19.4 Å². The molecule has 0 saturated carbocycles. The maximum Gasteiger partial charge on any atom is 0.325 e. The van der Waals surface area contributed by atoms with E-state index >= 15 is 0 Å². The number of anilines is 1. The van der Waals surface area contributed by atoms with Crippen LogP contribution in [-0.2, 0) is 9.53 Å². The summed E-state index contributed by atoms with van der Waals surface area (Å²) < 4.78 is 4.57. The van der Waals surface area contributed by atoms with Crippen LogP contribution < -0.4 is 5.32 Å². The number of carbonyl (C=O) groups excluding carboxylic acids is 2. The third kappa shape index (κ3) is 4.21. The van der Waals surface area contributed by atoms with E-state index in [1.165, 1.54) is 7.11 Å². The highest BCUT2D eigenvalue weighted by atomic mass is 16.5. The molecule has 0 aromatic heterocycles. The quantitative estimate of drug-likeness (QED) is 0.797. The molecule has 0 bridgehead atoms. The number of nitrogens with zero attached hydrogens (tertiary/aromatic N) is 1. The first-order valence-corrected chi connectivity index (χ1v) is 7.45. The molecule has 0 spiro atoms. The first-order valence-electron chi connectivity index (χ1n) is 7.45. The Bertz CT molecular complexity index is 533. The van der Waals surface area contributed by atoms with Gasteiger partial charge in [-0.2, -0.15) is 0 Å². The lowest BCUT2D eigenvalue weighted by atomic mass is 9.98. The maximum atomic E-state index is 12.5. The minimum absolute atomic E-state index is 0.0418. The Morgan fingerprint density at radius 2 is 2.27 bits per heavy atom. The summed E-state index contributed by atoms with van der Waals surface area (Å²) in [5.74, 6) is -0.239. The van der Waals surface area contributed by atoms with Gasteiger partial charge in [0.2, 0.25) is 0 Å². The summed E-state index contributed by atoms with van der Waals surface area (Å²) in [5, 5.41) is 12.2. The van der Waals surface area contributed by atoms with Gasteiger partial charge in [0.15, 0.2) is 0 Å².